The predicted molar refractivity (Wildman–Crippen MR) is 116 cm³/mol. The van der Waals surface area contributed by atoms with Crippen molar-refractivity contribution in [2.75, 3.05) is 33.4 Å². The smallest absolute Gasteiger partial charge is 0.194 e. The van der Waals surface area contributed by atoms with Crippen LogP contribution in [0.2, 0.25) is 0 Å². The molecule has 2 aromatic rings. The molecule has 1 aliphatic rings. The summed E-state index contributed by atoms with van der Waals surface area (Å²) in [4.78, 5) is 7.28. The fourth-order valence-corrected chi connectivity index (χ4v) is 4.04. The van der Waals surface area contributed by atoms with Crippen molar-refractivity contribution in [1.82, 2.24) is 25.0 Å². The van der Waals surface area contributed by atoms with Gasteiger partial charge in [0.25, 0.3) is 0 Å². The van der Waals surface area contributed by atoms with Gasteiger partial charge >= 0.3 is 0 Å². The SMILES string of the molecule is CCC1CN(C(=NCc2nnc(C)n2C)NCCOC)CCC1c1ccccc1. The Morgan fingerprint density at radius 1 is 1.28 bits per heavy atom. The van der Waals surface area contributed by atoms with Gasteiger partial charge in [-0.25, -0.2) is 4.99 Å². The molecule has 2 atom stereocenters. The molecule has 29 heavy (non-hydrogen) atoms. The van der Waals surface area contributed by atoms with Crippen LogP contribution in [0.3, 0.4) is 0 Å². The number of guanidine groups is 1. The number of aryl methyl sites for hydroxylation is 1. The lowest BCUT2D eigenvalue weighted by Crippen LogP contribution is -2.49. The minimum absolute atomic E-state index is 0.516. The monoisotopic (exact) mass is 398 g/mol. The number of nitrogens with one attached hydrogen (secondary N) is 1. The van der Waals surface area contributed by atoms with Gasteiger partial charge in [-0.05, 0) is 30.7 Å². The molecule has 1 N–H and O–H groups in total. The molecule has 7 heteroatoms. The Morgan fingerprint density at radius 3 is 2.72 bits per heavy atom. The Hall–Kier alpha value is -2.41. The summed E-state index contributed by atoms with van der Waals surface area (Å²) >= 11 is 0. The van der Waals surface area contributed by atoms with Crippen molar-refractivity contribution in [2.24, 2.45) is 18.0 Å². The van der Waals surface area contributed by atoms with E-state index in [1.807, 2.05) is 18.5 Å². The van der Waals surface area contributed by atoms with Crippen LogP contribution in [0.4, 0.5) is 0 Å². The number of aliphatic imine (C=N–C) groups is 1. The maximum absolute atomic E-state index is 5.22. The molecule has 1 aliphatic heterocycles. The zero-order chi connectivity index (χ0) is 20.6. The van der Waals surface area contributed by atoms with Gasteiger partial charge in [0.15, 0.2) is 11.8 Å². The van der Waals surface area contributed by atoms with E-state index in [1.165, 1.54) is 5.56 Å². The van der Waals surface area contributed by atoms with Gasteiger partial charge in [-0.2, -0.15) is 0 Å². The Bertz CT molecular complexity index is 788. The van der Waals surface area contributed by atoms with Crippen LogP contribution in [-0.2, 0) is 18.3 Å². The van der Waals surface area contributed by atoms with Gasteiger partial charge in [0, 0.05) is 33.8 Å². The Labute approximate surface area is 174 Å². The summed E-state index contributed by atoms with van der Waals surface area (Å²) in [5, 5.41) is 11.9. The largest absolute Gasteiger partial charge is 0.383 e. The summed E-state index contributed by atoms with van der Waals surface area (Å²) in [6.45, 7) is 8.16. The lowest BCUT2D eigenvalue weighted by atomic mass is 9.79. The van der Waals surface area contributed by atoms with E-state index >= 15 is 0 Å². The lowest BCUT2D eigenvalue weighted by molar-refractivity contribution is 0.195. The average Bonchev–Trinajstić information content (AvgIpc) is 3.08. The van der Waals surface area contributed by atoms with Gasteiger partial charge in [-0.15, -0.1) is 10.2 Å². The van der Waals surface area contributed by atoms with E-state index in [-0.39, 0.29) is 0 Å². The molecule has 0 aliphatic carbocycles. The van der Waals surface area contributed by atoms with E-state index in [0.717, 1.165) is 50.1 Å². The molecule has 1 aromatic heterocycles. The second-order valence-electron chi connectivity index (χ2n) is 7.70. The highest BCUT2D eigenvalue weighted by Gasteiger charge is 2.30. The summed E-state index contributed by atoms with van der Waals surface area (Å²) in [5.41, 5.74) is 1.46. The van der Waals surface area contributed by atoms with E-state index in [9.17, 15) is 0 Å². The van der Waals surface area contributed by atoms with E-state index in [4.69, 9.17) is 9.73 Å². The van der Waals surface area contributed by atoms with Crippen molar-refractivity contribution < 1.29 is 4.74 Å². The number of likely N-dealkylation sites (tertiary alicyclic amines) is 1. The third-order valence-corrected chi connectivity index (χ3v) is 5.93. The highest BCUT2D eigenvalue weighted by Crippen LogP contribution is 2.34. The molecule has 0 spiro atoms. The second-order valence-corrected chi connectivity index (χ2v) is 7.70. The molecule has 2 heterocycles. The van der Waals surface area contributed by atoms with Crippen LogP contribution in [0.5, 0.6) is 0 Å². The van der Waals surface area contributed by atoms with Crippen LogP contribution in [-0.4, -0.2) is 59.0 Å². The first-order valence-corrected chi connectivity index (χ1v) is 10.6. The molecule has 7 nitrogen and oxygen atoms in total. The van der Waals surface area contributed by atoms with E-state index in [2.05, 4.69) is 57.7 Å². The number of methoxy groups -OCH3 is 1. The van der Waals surface area contributed by atoms with Crippen molar-refractivity contribution in [1.29, 1.82) is 0 Å². The van der Waals surface area contributed by atoms with Crippen LogP contribution in [0.15, 0.2) is 35.3 Å². The molecule has 158 valence electrons. The molecule has 0 amide bonds. The predicted octanol–water partition coefficient (Wildman–Crippen LogP) is 2.73. The summed E-state index contributed by atoms with van der Waals surface area (Å²) < 4.78 is 7.21. The molecular formula is C22H34N6O. The van der Waals surface area contributed by atoms with Crippen molar-refractivity contribution in [3.8, 4) is 0 Å². The fourth-order valence-electron chi connectivity index (χ4n) is 4.04. The van der Waals surface area contributed by atoms with Gasteiger partial charge in [-0.3, -0.25) is 0 Å². The van der Waals surface area contributed by atoms with Crippen LogP contribution in [0, 0.1) is 12.8 Å². The van der Waals surface area contributed by atoms with Gasteiger partial charge < -0.3 is 19.5 Å². The van der Waals surface area contributed by atoms with Crippen LogP contribution in [0.25, 0.3) is 0 Å². The van der Waals surface area contributed by atoms with Gasteiger partial charge in [0.05, 0.1) is 6.61 Å². The minimum atomic E-state index is 0.516. The molecule has 0 bridgehead atoms. The number of piperidine rings is 1. The Kier molecular flexibility index (Phi) is 7.63. The quantitative estimate of drug-likeness (QED) is 0.441. The molecule has 2 unspecified atom stereocenters. The normalized spacial score (nSPS) is 20.1. The number of benzene rings is 1. The topological polar surface area (TPSA) is 67.6 Å². The molecule has 1 saturated heterocycles. The number of hydrogen-bond donors (Lipinski definition) is 1. The molecule has 3 rings (SSSR count). The highest BCUT2D eigenvalue weighted by atomic mass is 16.5. The first-order chi connectivity index (χ1) is 14.1. The van der Waals surface area contributed by atoms with Crippen molar-refractivity contribution in [3.05, 3.63) is 47.5 Å². The van der Waals surface area contributed by atoms with E-state index in [1.54, 1.807) is 7.11 Å². The Balaban J connectivity index is 1.73. The Morgan fingerprint density at radius 2 is 2.07 bits per heavy atom. The zero-order valence-electron chi connectivity index (χ0n) is 18.1. The second kappa shape index (κ2) is 10.4. The third kappa shape index (κ3) is 5.35. The summed E-state index contributed by atoms with van der Waals surface area (Å²) in [5.74, 6) is 3.93. The summed E-state index contributed by atoms with van der Waals surface area (Å²) in [6, 6.07) is 10.9. The standard InChI is InChI=1S/C22H34N6O/c1-5-18-16-28(13-11-20(18)19-9-7-6-8-10-19)22(23-12-14-29-4)24-15-21-26-25-17(2)27(21)3/h6-10,18,20H,5,11-16H2,1-4H3,(H,23,24). The number of nitrogens with zero attached hydrogens (tertiary/aromatic N) is 5. The third-order valence-electron chi connectivity index (χ3n) is 5.93. The van der Waals surface area contributed by atoms with E-state index < -0.39 is 0 Å². The van der Waals surface area contributed by atoms with E-state index in [0.29, 0.717) is 25.0 Å². The van der Waals surface area contributed by atoms with Gasteiger partial charge in [0.2, 0.25) is 0 Å². The summed E-state index contributed by atoms with van der Waals surface area (Å²) in [6.07, 6.45) is 2.29. The van der Waals surface area contributed by atoms with Crippen molar-refractivity contribution in [2.45, 2.75) is 39.2 Å². The van der Waals surface area contributed by atoms with Crippen LogP contribution < -0.4 is 5.32 Å². The number of aromatic nitrogens is 3. The number of rotatable bonds is 7. The zero-order valence-corrected chi connectivity index (χ0v) is 18.1. The van der Waals surface area contributed by atoms with Crippen molar-refractivity contribution in [3.63, 3.8) is 0 Å². The molecule has 0 radical (unpaired) electrons. The minimum Gasteiger partial charge on any atom is -0.383 e. The highest BCUT2D eigenvalue weighted by molar-refractivity contribution is 5.80. The van der Waals surface area contributed by atoms with Gasteiger partial charge in [-0.1, -0.05) is 43.7 Å². The number of hydrogen-bond acceptors (Lipinski definition) is 4. The lowest BCUT2D eigenvalue weighted by Gasteiger charge is -2.40. The molecule has 1 fully saturated rings. The first-order valence-electron chi connectivity index (χ1n) is 10.6. The molecule has 0 saturated carbocycles. The van der Waals surface area contributed by atoms with Crippen LogP contribution in [0.1, 0.15) is 42.9 Å². The van der Waals surface area contributed by atoms with Crippen LogP contribution >= 0.6 is 0 Å². The fraction of sp³-hybridized carbons (Fsp3) is 0.591. The molecule has 1 aromatic carbocycles. The van der Waals surface area contributed by atoms with Crippen molar-refractivity contribution >= 4 is 5.96 Å². The van der Waals surface area contributed by atoms with Gasteiger partial charge in [0.1, 0.15) is 12.4 Å². The molecular weight excluding hydrogens is 364 g/mol. The first kappa shape index (κ1) is 21.3. The number of ether oxygens (including phenoxy) is 1. The summed E-state index contributed by atoms with van der Waals surface area (Å²) in [7, 11) is 3.70. The maximum atomic E-state index is 5.22. The maximum Gasteiger partial charge on any atom is 0.194 e. The average molecular weight is 399 g/mol.